The van der Waals surface area contributed by atoms with Crippen molar-refractivity contribution in [2.75, 3.05) is 18.5 Å². The summed E-state index contributed by atoms with van der Waals surface area (Å²) >= 11 is 6.81. The number of rotatable bonds is 7. The van der Waals surface area contributed by atoms with Crippen molar-refractivity contribution in [3.8, 4) is 5.75 Å². The quantitative estimate of drug-likeness (QED) is 0.355. The van der Waals surface area contributed by atoms with Crippen LogP contribution in [0.5, 0.6) is 5.75 Å². The largest absolute Gasteiger partial charge is 0.494 e. The molecule has 8 heteroatoms. The van der Waals surface area contributed by atoms with Gasteiger partial charge in [0.05, 0.1) is 18.8 Å². The van der Waals surface area contributed by atoms with Crippen LogP contribution in [0.3, 0.4) is 0 Å². The molecular weight excluding hydrogens is 432 g/mol. The first-order chi connectivity index (χ1) is 15.0. The molecule has 0 radical (unpaired) electrons. The molecule has 6 nitrogen and oxygen atoms in total. The third-order valence-electron chi connectivity index (χ3n) is 4.73. The Morgan fingerprint density at radius 3 is 2.58 bits per heavy atom. The smallest absolute Gasteiger partial charge is 0.341 e. The SMILES string of the molecule is CCOC(=O)c1c(NC(=S)NC(=O)/C=C/c2ccc(OCC)cc2)sc2c1CCCC2. The molecule has 1 aliphatic carbocycles. The van der Waals surface area contributed by atoms with E-state index in [0.29, 0.717) is 23.8 Å². The number of aryl methyl sites for hydroxylation is 1. The maximum Gasteiger partial charge on any atom is 0.341 e. The van der Waals surface area contributed by atoms with Crippen molar-refractivity contribution >= 4 is 51.6 Å². The monoisotopic (exact) mass is 458 g/mol. The molecule has 1 aromatic heterocycles. The maximum atomic E-state index is 12.5. The number of carbonyl (C=O) groups excluding carboxylic acids is 2. The Bertz CT molecular complexity index is 980. The number of anilines is 1. The van der Waals surface area contributed by atoms with E-state index in [-0.39, 0.29) is 17.0 Å². The molecule has 0 saturated heterocycles. The van der Waals surface area contributed by atoms with E-state index in [1.807, 2.05) is 31.2 Å². The topological polar surface area (TPSA) is 76.7 Å². The normalized spacial score (nSPS) is 12.8. The van der Waals surface area contributed by atoms with Gasteiger partial charge in [0.2, 0.25) is 5.91 Å². The van der Waals surface area contributed by atoms with Crippen LogP contribution >= 0.6 is 23.6 Å². The highest BCUT2D eigenvalue weighted by Crippen LogP contribution is 2.38. The zero-order chi connectivity index (χ0) is 22.2. The lowest BCUT2D eigenvalue weighted by Crippen LogP contribution is -2.33. The van der Waals surface area contributed by atoms with Gasteiger partial charge in [-0.25, -0.2) is 4.79 Å². The molecule has 0 spiro atoms. The summed E-state index contributed by atoms with van der Waals surface area (Å²) < 4.78 is 10.7. The van der Waals surface area contributed by atoms with Crippen LogP contribution in [0.4, 0.5) is 5.00 Å². The highest BCUT2D eigenvalue weighted by atomic mass is 32.1. The minimum absolute atomic E-state index is 0.144. The third kappa shape index (κ3) is 6.15. The molecule has 0 fully saturated rings. The summed E-state index contributed by atoms with van der Waals surface area (Å²) in [7, 11) is 0. The first-order valence-electron chi connectivity index (χ1n) is 10.4. The van der Waals surface area contributed by atoms with Crippen LogP contribution in [0.1, 0.15) is 53.1 Å². The van der Waals surface area contributed by atoms with Crippen LogP contribution in [-0.2, 0) is 22.4 Å². The fourth-order valence-corrected chi connectivity index (χ4v) is 4.92. The number of fused-ring (bicyclic) bond motifs is 1. The van der Waals surface area contributed by atoms with Gasteiger partial charge in [-0.2, -0.15) is 0 Å². The molecule has 0 aliphatic heterocycles. The Kier molecular flexibility index (Phi) is 8.20. The summed E-state index contributed by atoms with van der Waals surface area (Å²) in [5.41, 5.74) is 2.46. The van der Waals surface area contributed by atoms with Crippen molar-refractivity contribution in [2.45, 2.75) is 39.5 Å². The summed E-state index contributed by atoms with van der Waals surface area (Å²) in [6, 6.07) is 7.44. The predicted octanol–water partition coefficient (Wildman–Crippen LogP) is 4.73. The lowest BCUT2D eigenvalue weighted by Gasteiger charge is -2.12. The first kappa shape index (κ1) is 23.0. The van der Waals surface area contributed by atoms with Crippen LogP contribution in [0.15, 0.2) is 30.3 Å². The number of benzene rings is 1. The highest BCUT2D eigenvalue weighted by molar-refractivity contribution is 7.80. The van der Waals surface area contributed by atoms with Crippen LogP contribution < -0.4 is 15.4 Å². The van der Waals surface area contributed by atoms with E-state index in [9.17, 15) is 9.59 Å². The molecule has 0 unspecified atom stereocenters. The Balaban J connectivity index is 1.64. The number of carbonyl (C=O) groups is 2. The molecule has 1 aliphatic rings. The van der Waals surface area contributed by atoms with Gasteiger partial charge in [0, 0.05) is 11.0 Å². The predicted molar refractivity (Wildman–Crippen MR) is 128 cm³/mol. The van der Waals surface area contributed by atoms with E-state index in [0.717, 1.165) is 42.6 Å². The zero-order valence-electron chi connectivity index (χ0n) is 17.7. The second-order valence-electron chi connectivity index (χ2n) is 6.91. The minimum atomic E-state index is -0.356. The molecule has 1 aromatic carbocycles. The van der Waals surface area contributed by atoms with Crippen molar-refractivity contribution in [2.24, 2.45) is 0 Å². The number of thiocarbonyl (C=S) groups is 1. The van der Waals surface area contributed by atoms with Gasteiger partial charge >= 0.3 is 5.97 Å². The lowest BCUT2D eigenvalue weighted by molar-refractivity contribution is -0.115. The number of nitrogens with one attached hydrogen (secondary N) is 2. The Morgan fingerprint density at radius 1 is 1.13 bits per heavy atom. The molecule has 0 bridgehead atoms. The molecule has 0 saturated carbocycles. The van der Waals surface area contributed by atoms with E-state index in [4.69, 9.17) is 21.7 Å². The Labute approximate surface area is 191 Å². The number of hydrogen-bond acceptors (Lipinski definition) is 6. The van der Waals surface area contributed by atoms with E-state index < -0.39 is 0 Å². The van der Waals surface area contributed by atoms with E-state index in [2.05, 4.69) is 10.6 Å². The second kappa shape index (κ2) is 11.1. The van der Waals surface area contributed by atoms with Crippen LogP contribution in [0.25, 0.3) is 6.08 Å². The number of hydrogen-bond donors (Lipinski definition) is 2. The molecule has 3 rings (SSSR count). The van der Waals surface area contributed by atoms with Gasteiger partial charge in [0.25, 0.3) is 0 Å². The number of esters is 1. The van der Waals surface area contributed by atoms with Crippen molar-refractivity contribution in [1.29, 1.82) is 0 Å². The second-order valence-corrected chi connectivity index (χ2v) is 8.43. The van der Waals surface area contributed by atoms with E-state index in [1.165, 1.54) is 22.3 Å². The third-order valence-corrected chi connectivity index (χ3v) is 6.14. The zero-order valence-corrected chi connectivity index (χ0v) is 19.3. The Hall–Kier alpha value is -2.71. The van der Waals surface area contributed by atoms with Gasteiger partial charge in [0.1, 0.15) is 10.8 Å². The number of amides is 1. The average Bonchev–Trinajstić information content (AvgIpc) is 3.11. The Morgan fingerprint density at radius 2 is 1.87 bits per heavy atom. The van der Waals surface area contributed by atoms with Crippen LogP contribution in [0, 0.1) is 0 Å². The van der Waals surface area contributed by atoms with Gasteiger partial charge in [-0.1, -0.05) is 12.1 Å². The molecular formula is C23H26N2O4S2. The molecule has 2 N–H and O–H groups in total. The van der Waals surface area contributed by atoms with Gasteiger partial charge < -0.3 is 14.8 Å². The van der Waals surface area contributed by atoms with E-state index >= 15 is 0 Å². The summed E-state index contributed by atoms with van der Waals surface area (Å²) in [6.07, 6.45) is 7.06. The standard InChI is InChI=1S/C23H26N2O4S2/c1-3-28-16-12-9-15(10-13-16)11-14-19(26)24-23(30)25-21-20(22(27)29-4-2)17-7-5-6-8-18(17)31-21/h9-14H,3-8H2,1-2H3,(H2,24,25,26,30)/b14-11+. The molecule has 1 amide bonds. The number of thiophene rings is 1. The highest BCUT2D eigenvalue weighted by Gasteiger charge is 2.26. The fourth-order valence-electron chi connectivity index (χ4n) is 3.37. The van der Waals surface area contributed by atoms with E-state index in [1.54, 1.807) is 13.0 Å². The van der Waals surface area contributed by atoms with Gasteiger partial charge in [0.15, 0.2) is 5.11 Å². The summed E-state index contributed by atoms with van der Waals surface area (Å²) in [4.78, 5) is 26.0. The minimum Gasteiger partial charge on any atom is -0.494 e. The summed E-state index contributed by atoms with van der Waals surface area (Å²) in [5.74, 6) is 0.0739. The van der Waals surface area contributed by atoms with Crippen molar-refractivity contribution in [1.82, 2.24) is 5.32 Å². The summed E-state index contributed by atoms with van der Waals surface area (Å²) in [5, 5.41) is 6.43. The van der Waals surface area contributed by atoms with Crippen molar-refractivity contribution in [3.63, 3.8) is 0 Å². The van der Waals surface area contributed by atoms with Crippen LogP contribution in [0.2, 0.25) is 0 Å². The maximum absolute atomic E-state index is 12.5. The fraction of sp³-hybridized carbons (Fsp3) is 0.348. The van der Waals surface area contributed by atoms with Crippen molar-refractivity contribution < 1.29 is 19.1 Å². The molecule has 0 atom stereocenters. The number of ether oxygens (including phenoxy) is 2. The molecule has 164 valence electrons. The van der Waals surface area contributed by atoms with Gasteiger partial charge in [-0.05, 0) is 81.1 Å². The first-order valence-corrected chi connectivity index (χ1v) is 11.6. The van der Waals surface area contributed by atoms with Crippen LogP contribution in [-0.4, -0.2) is 30.2 Å². The average molecular weight is 459 g/mol. The molecule has 2 aromatic rings. The molecule has 1 heterocycles. The van der Waals surface area contributed by atoms with Gasteiger partial charge in [-0.3, -0.25) is 10.1 Å². The van der Waals surface area contributed by atoms with Crippen molar-refractivity contribution in [3.05, 3.63) is 51.9 Å². The lowest BCUT2D eigenvalue weighted by atomic mass is 9.95. The molecule has 31 heavy (non-hydrogen) atoms. The summed E-state index contributed by atoms with van der Waals surface area (Å²) in [6.45, 7) is 4.62. The van der Waals surface area contributed by atoms with Gasteiger partial charge in [-0.15, -0.1) is 11.3 Å².